The summed E-state index contributed by atoms with van der Waals surface area (Å²) in [6.07, 6.45) is 1.10. The fraction of sp³-hybridized carbons (Fsp3) is 0.647. The lowest BCUT2D eigenvalue weighted by Gasteiger charge is -2.35. The van der Waals surface area contributed by atoms with E-state index in [1.54, 1.807) is 0 Å². The van der Waals surface area contributed by atoms with Crippen molar-refractivity contribution in [3.8, 4) is 0 Å². The maximum atomic E-state index is 3.43. The van der Waals surface area contributed by atoms with E-state index in [9.17, 15) is 0 Å². The second-order valence-electron chi connectivity index (χ2n) is 5.71. The average Bonchev–Trinajstić information content (AvgIpc) is 2.41. The summed E-state index contributed by atoms with van der Waals surface area (Å²) >= 11 is 0. The Labute approximate surface area is 125 Å². The van der Waals surface area contributed by atoms with Crippen LogP contribution < -0.4 is 10.2 Å². The van der Waals surface area contributed by atoms with Crippen LogP contribution in [0.15, 0.2) is 24.3 Å². The molecule has 1 rings (SSSR count). The molecule has 20 heavy (non-hydrogen) atoms. The maximum Gasteiger partial charge on any atom is 0.0417 e. The standard InChI is InChI=1S/C17H31N3/c1-7-16(18-4)15-11-9-10-12-17(15)20(8-2)14(3)13-19(5)6/h9-12,14,16,18H,7-8,13H2,1-6H3. The van der Waals surface area contributed by atoms with Crippen LogP contribution in [0, 0.1) is 0 Å². The molecule has 3 nitrogen and oxygen atoms in total. The molecule has 3 heteroatoms. The van der Waals surface area contributed by atoms with Gasteiger partial charge < -0.3 is 15.1 Å². The van der Waals surface area contributed by atoms with Gasteiger partial charge in [-0.3, -0.25) is 0 Å². The number of benzene rings is 1. The number of likely N-dealkylation sites (N-methyl/N-ethyl adjacent to an activating group) is 2. The van der Waals surface area contributed by atoms with Gasteiger partial charge in [0.1, 0.15) is 0 Å². The first-order chi connectivity index (χ1) is 9.54. The molecule has 0 aromatic heterocycles. The van der Waals surface area contributed by atoms with E-state index in [0.717, 1.165) is 19.5 Å². The van der Waals surface area contributed by atoms with Gasteiger partial charge in [0, 0.05) is 30.9 Å². The van der Waals surface area contributed by atoms with E-state index in [2.05, 4.69) is 74.2 Å². The van der Waals surface area contributed by atoms with Crippen LogP contribution in [0.5, 0.6) is 0 Å². The summed E-state index contributed by atoms with van der Waals surface area (Å²) in [5.41, 5.74) is 2.77. The van der Waals surface area contributed by atoms with Gasteiger partial charge in [0.05, 0.1) is 0 Å². The SMILES string of the molecule is CCC(NC)c1ccccc1N(CC)C(C)CN(C)C. The van der Waals surface area contributed by atoms with Crippen LogP contribution in [-0.2, 0) is 0 Å². The molecular weight excluding hydrogens is 246 g/mol. The minimum absolute atomic E-state index is 0.423. The van der Waals surface area contributed by atoms with Crippen LogP contribution in [0.2, 0.25) is 0 Å². The van der Waals surface area contributed by atoms with E-state index in [1.807, 2.05) is 7.05 Å². The maximum absolute atomic E-state index is 3.43. The van der Waals surface area contributed by atoms with Crippen molar-refractivity contribution in [2.75, 3.05) is 39.1 Å². The Balaban J connectivity index is 3.08. The largest absolute Gasteiger partial charge is 0.368 e. The van der Waals surface area contributed by atoms with Gasteiger partial charge in [-0.25, -0.2) is 0 Å². The number of hydrogen-bond acceptors (Lipinski definition) is 3. The molecule has 0 saturated heterocycles. The zero-order valence-corrected chi connectivity index (χ0v) is 14.0. The van der Waals surface area contributed by atoms with Gasteiger partial charge in [-0.2, -0.15) is 0 Å². The molecular formula is C17H31N3. The van der Waals surface area contributed by atoms with Crippen molar-refractivity contribution < 1.29 is 0 Å². The molecule has 0 bridgehead atoms. The Morgan fingerprint density at radius 2 is 1.80 bits per heavy atom. The monoisotopic (exact) mass is 277 g/mol. The molecule has 0 amide bonds. The van der Waals surface area contributed by atoms with Crippen molar-refractivity contribution in [2.24, 2.45) is 0 Å². The van der Waals surface area contributed by atoms with E-state index >= 15 is 0 Å². The quantitative estimate of drug-likeness (QED) is 0.787. The third-order valence-electron chi connectivity index (χ3n) is 3.88. The Kier molecular flexibility index (Phi) is 7.03. The number of para-hydroxylation sites is 1. The molecule has 0 radical (unpaired) electrons. The van der Waals surface area contributed by atoms with Crippen LogP contribution in [0.4, 0.5) is 5.69 Å². The highest BCUT2D eigenvalue weighted by molar-refractivity contribution is 5.55. The molecule has 0 spiro atoms. The summed E-state index contributed by atoms with van der Waals surface area (Å²) in [7, 11) is 6.32. The van der Waals surface area contributed by atoms with Crippen molar-refractivity contribution in [1.82, 2.24) is 10.2 Å². The van der Waals surface area contributed by atoms with Crippen LogP contribution in [0.1, 0.15) is 38.8 Å². The summed E-state index contributed by atoms with van der Waals surface area (Å²) in [5.74, 6) is 0. The second-order valence-corrected chi connectivity index (χ2v) is 5.71. The van der Waals surface area contributed by atoms with Gasteiger partial charge in [0.2, 0.25) is 0 Å². The predicted molar refractivity (Wildman–Crippen MR) is 89.6 cm³/mol. The van der Waals surface area contributed by atoms with E-state index in [-0.39, 0.29) is 0 Å². The number of rotatable bonds is 8. The predicted octanol–water partition coefficient (Wildman–Crippen LogP) is 3.13. The number of nitrogens with zero attached hydrogens (tertiary/aromatic N) is 2. The van der Waals surface area contributed by atoms with Crippen molar-refractivity contribution in [3.05, 3.63) is 29.8 Å². The first kappa shape index (κ1) is 17.0. The molecule has 0 aliphatic heterocycles. The summed E-state index contributed by atoms with van der Waals surface area (Å²) in [6, 6.07) is 9.73. The summed E-state index contributed by atoms with van der Waals surface area (Å²) in [5, 5.41) is 3.43. The molecule has 114 valence electrons. The van der Waals surface area contributed by atoms with Gasteiger partial charge in [0.25, 0.3) is 0 Å². The normalized spacial score (nSPS) is 14.3. The smallest absolute Gasteiger partial charge is 0.0417 e. The number of hydrogen-bond donors (Lipinski definition) is 1. The van der Waals surface area contributed by atoms with Gasteiger partial charge in [-0.1, -0.05) is 25.1 Å². The van der Waals surface area contributed by atoms with Crippen LogP contribution >= 0.6 is 0 Å². The Morgan fingerprint density at radius 1 is 1.15 bits per heavy atom. The average molecular weight is 277 g/mol. The molecule has 2 unspecified atom stereocenters. The van der Waals surface area contributed by atoms with E-state index in [4.69, 9.17) is 0 Å². The van der Waals surface area contributed by atoms with Crippen LogP contribution in [-0.4, -0.2) is 45.2 Å². The summed E-state index contributed by atoms with van der Waals surface area (Å²) < 4.78 is 0. The van der Waals surface area contributed by atoms with Gasteiger partial charge >= 0.3 is 0 Å². The van der Waals surface area contributed by atoms with Crippen LogP contribution in [0.3, 0.4) is 0 Å². The molecule has 1 aromatic carbocycles. The summed E-state index contributed by atoms with van der Waals surface area (Å²) in [4.78, 5) is 4.76. The van der Waals surface area contributed by atoms with Gasteiger partial charge in [-0.15, -0.1) is 0 Å². The first-order valence-corrected chi connectivity index (χ1v) is 7.72. The molecule has 0 fully saturated rings. The fourth-order valence-corrected chi connectivity index (χ4v) is 2.97. The van der Waals surface area contributed by atoms with Crippen molar-refractivity contribution >= 4 is 5.69 Å². The summed E-state index contributed by atoms with van der Waals surface area (Å²) in [6.45, 7) is 8.88. The molecule has 0 aliphatic carbocycles. The molecule has 0 heterocycles. The molecule has 1 N–H and O–H groups in total. The van der Waals surface area contributed by atoms with Crippen molar-refractivity contribution in [1.29, 1.82) is 0 Å². The van der Waals surface area contributed by atoms with E-state index in [1.165, 1.54) is 11.3 Å². The molecule has 0 saturated carbocycles. The number of anilines is 1. The molecule has 0 aliphatic rings. The van der Waals surface area contributed by atoms with E-state index < -0.39 is 0 Å². The second kappa shape index (κ2) is 8.28. The third kappa shape index (κ3) is 4.22. The van der Waals surface area contributed by atoms with E-state index in [0.29, 0.717) is 12.1 Å². The zero-order valence-electron chi connectivity index (χ0n) is 14.0. The lowest BCUT2D eigenvalue weighted by Crippen LogP contribution is -2.41. The molecule has 2 atom stereocenters. The lowest BCUT2D eigenvalue weighted by molar-refractivity contribution is 0.372. The Hall–Kier alpha value is -1.06. The Bertz CT molecular complexity index is 386. The Morgan fingerprint density at radius 3 is 2.30 bits per heavy atom. The first-order valence-electron chi connectivity index (χ1n) is 7.72. The topological polar surface area (TPSA) is 18.5 Å². The van der Waals surface area contributed by atoms with Crippen molar-refractivity contribution in [2.45, 2.75) is 39.3 Å². The zero-order chi connectivity index (χ0) is 15.1. The highest BCUT2D eigenvalue weighted by Gasteiger charge is 2.19. The molecule has 1 aromatic rings. The number of nitrogens with one attached hydrogen (secondary N) is 1. The fourth-order valence-electron chi connectivity index (χ4n) is 2.97. The lowest BCUT2D eigenvalue weighted by atomic mass is 10.0. The minimum Gasteiger partial charge on any atom is -0.368 e. The third-order valence-corrected chi connectivity index (χ3v) is 3.88. The van der Waals surface area contributed by atoms with Crippen LogP contribution in [0.25, 0.3) is 0 Å². The highest BCUT2D eigenvalue weighted by Crippen LogP contribution is 2.29. The highest BCUT2D eigenvalue weighted by atomic mass is 15.2. The minimum atomic E-state index is 0.423. The van der Waals surface area contributed by atoms with Gasteiger partial charge in [-0.05, 0) is 53.0 Å². The van der Waals surface area contributed by atoms with Gasteiger partial charge in [0.15, 0.2) is 0 Å². The van der Waals surface area contributed by atoms with Crippen molar-refractivity contribution in [3.63, 3.8) is 0 Å².